The van der Waals surface area contributed by atoms with Gasteiger partial charge in [0.05, 0.1) is 25.4 Å². The van der Waals surface area contributed by atoms with Crippen LogP contribution in [0.1, 0.15) is 5.56 Å². The van der Waals surface area contributed by atoms with Crippen molar-refractivity contribution in [1.29, 1.82) is 0 Å². The largest absolute Gasteiger partial charge is 0.323 e. The van der Waals surface area contributed by atoms with Gasteiger partial charge in [-0.1, -0.05) is 12.1 Å². The summed E-state index contributed by atoms with van der Waals surface area (Å²) in [5, 5.41) is 0. The molecule has 3 saturated heterocycles. The second-order valence-electron chi connectivity index (χ2n) is 3.84. The topological polar surface area (TPSA) is 27.7 Å². The van der Waals surface area contributed by atoms with Gasteiger partial charge in [-0.25, -0.2) is 4.39 Å². The Morgan fingerprint density at radius 3 is 2.27 bits per heavy atom. The number of halogens is 1. The predicted octanol–water partition coefficient (Wildman–Crippen LogP) is 1.63. The van der Waals surface area contributed by atoms with Crippen molar-refractivity contribution < 1.29 is 18.6 Å². The summed E-state index contributed by atoms with van der Waals surface area (Å²) in [5.41, 5.74) is 0.322. The van der Waals surface area contributed by atoms with Crippen molar-refractivity contribution >= 4 is 0 Å². The number of benzene rings is 1. The van der Waals surface area contributed by atoms with E-state index in [2.05, 4.69) is 0 Å². The Hall–Kier alpha value is -0.970. The molecule has 2 bridgehead atoms. The molecule has 4 rings (SSSR count). The van der Waals surface area contributed by atoms with Crippen molar-refractivity contribution in [2.24, 2.45) is 5.92 Å². The highest BCUT2D eigenvalue weighted by Gasteiger charge is 2.47. The summed E-state index contributed by atoms with van der Waals surface area (Å²) in [6, 6.07) is 6.37. The van der Waals surface area contributed by atoms with Crippen LogP contribution in [0.25, 0.3) is 0 Å². The molecule has 15 heavy (non-hydrogen) atoms. The van der Waals surface area contributed by atoms with Crippen molar-refractivity contribution in [3.8, 4) is 0 Å². The standard InChI is InChI=1S/C11H11FO3/c12-10-4-2-1-3-9(10)11-13-5-8(6-14-11)7-15-11/h1-4,8H,5-7H2. The minimum atomic E-state index is -1.31. The van der Waals surface area contributed by atoms with Crippen LogP contribution in [0, 0.1) is 11.7 Å². The van der Waals surface area contributed by atoms with E-state index in [0.29, 0.717) is 25.4 Å². The molecule has 0 amide bonds. The Morgan fingerprint density at radius 1 is 1.07 bits per heavy atom. The zero-order valence-corrected chi connectivity index (χ0v) is 8.11. The Kier molecular flexibility index (Phi) is 2.02. The van der Waals surface area contributed by atoms with E-state index < -0.39 is 5.97 Å². The average Bonchev–Trinajstić information content (AvgIpc) is 2.32. The van der Waals surface area contributed by atoms with Gasteiger partial charge in [-0.2, -0.15) is 0 Å². The Morgan fingerprint density at radius 2 is 1.67 bits per heavy atom. The summed E-state index contributed by atoms with van der Waals surface area (Å²) in [7, 11) is 0. The fraction of sp³-hybridized carbons (Fsp3) is 0.455. The van der Waals surface area contributed by atoms with Crippen molar-refractivity contribution in [2.45, 2.75) is 5.97 Å². The van der Waals surface area contributed by atoms with E-state index in [1.54, 1.807) is 18.2 Å². The second-order valence-corrected chi connectivity index (χ2v) is 3.84. The lowest BCUT2D eigenvalue weighted by molar-refractivity contribution is -0.461. The lowest BCUT2D eigenvalue weighted by Crippen LogP contribution is -2.52. The van der Waals surface area contributed by atoms with Crippen LogP contribution in [-0.2, 0) is 20.2 Å². The normalized spacial score (nSPS) is 34.3. The van der Waals surface area contributed by atoms with Gasteiger partial charge >= 0.3 is 5.97 Å². The maximum atomic E-state index is 13.6. The molecule has 1 aromatic carbocycles. The zero-order valence-electron chi connectivity index (χ0n) is 8.11. The molecule has 80 valence electrons. The van der Waals surface area contributed by atoms with Crippen LogP contribution < -0.4 is 0 Å². The van der Waals surface area contributed by atoms with E-state index in [-0.39, 0.29) is 11.7 Å². The Balaban J connectivity index is 2.01. The number of hydrogen-bond donors (Lipinski definition) is 0. The molecule has 1 aromatic rings. The SMILES string of the molecule is Fc1ccccc1C12OCC(CO1)CO2. The highest BCUT2D eigenvalue weighted by molar-refractivity contribution is 5.21. The van der Waals surface area contributed by atoms with Gasteiger partial charge in [0.25, 0.3) is 0 Å². The quantitative estimate of drug-likeness (QED) is 0.705. The molecule has 3 aliphatic heterocycles. The summed E-state index contributed by atoms with van der Waals surface area (Å²) in [6.07, 6.45) is 0. The number of hydrogen-bond acceptors (Lipinski definition) is 3. The summed E-state index contributed by atoms with van der Waals surface area (Å²) < 4.78 is 29.9. The maximum absolute atomic E-state index is 13.6. The average molecular weight is 210 g/mol. The lowest BCUT2D eigenvalue weighted by Gasteiger charge is -2.45. The smallest absolute Gasteiger partial charge is 0.314 e. The highest BCUT2D eigenvalue weighted by atomic mass is 19.1. The Labute approximate surface area is 86.8 Å². The zero-order chi connectivity index (χ0) is 10.3. The second kappa shape index (κ2) is 3.27. The van der Waals surface area contributed by atoms with Gasteiger partial charge in [-0.15, -0.1) is 0 Å². The van der Waals surface area contributed by atoms with E-state index in [1.165, 1.54) is 6.07 Å². The van der Waals surface area contributed by atoms with Gasteiger partial charge < -0.3 is 14.2 Å². The van der Waals surface area contributed by atoms with E-state index >= 15 is 0 Å². The molecule has 0 unspecified atom stereocenters. The van der Waals surface area contributed by atoms with E-state index in [1.807, 2.05) is 0 Å². The van der Waals surface area contributed by atoms with Gasteiger partial charge in [0.15, 0.2) is 0 Å². The fourth-order valence-electron chi connectivity index (χ4n) is 1.89. The van der Waals surface area contributed by atoms with E-state index in [0.717, 1.165) is 0 Å². The van der Waals surface area contributed by atoms with E-state index in [9.17, 15) is 4.39 Å². The van der Waals surface area contributed by atoms with Gasteiger partial charge in [-0.05, 0) is 12.1 Å². The van der Waals surface area contributed by atoms with Crippen LogP contribution in [-0.4, -0.2) is 19.8 Å². The third kappa shape index (κ3) is 1.37. The maximum Gasteiger partial charge on any atom is 0.314 e. The molecule has 3 nitrogen and oxygen atoms in total. The van der Waals surface area contributed by atoms with Gasteiger partial charge in [0, 0.05) is 5.92 Å². The molecule has 4 heteroatoms. The molecule has 3 aliphatic rings. The third-order valence-corrected chi connectivity index (χ3v) is 2.73. The molecule has 3 fully saturated rings. The number of rotatable bonds is 1. The highest BCUT2D eigenvalue weighted by Crippen LogP contribution is 2.39. The summed E-state index contributed by atoms with van der Waals surface area (Å²) >= 11 is 0. The van der Waals surface area contributed by atoms with Crippen molar-refractivity contribution in [1.82, 2.24) is 0 Å². The van der Waals surface area contributed by atoms with Crippen LogP contribution >= 0.6 is 0 Å². The molecule has 3 heterocycles. The van der Waals surface area contributed by atoms with Crippen LogP contribution in [0.3, 0.4) is 0 Å². The minimum Gasteiger partial charge on any atom is -0.323 e. The molecule has 0 N–H and O–H groups in total. The molecule has 0 aromatic heterocycles. The van der Waals surface area contributed by atoms with Crippen molar-refractivity contribution in [3.05, 3.63) is 35.6 Å². The number of fused-ring (bicyclic) bond motifs is 3. The molecule has 0 radical (unpaired) electrons. The monoisotopic (exact) mass is 210 g/mol. The minimum absolute atomic E-state index is 0.277. The van der Waals surface area contributed by atoms with Crippen LogP contribution in [0.4, 0.5) is 4.39 Å². The molecule has 0 spiro atoms. The fourth-order valence-corrected chi connectivity index (χ4v) is 1.89. The van der Waals surface area contributed by atoms with E-state index in [4.69, 9.17) is 14.2 Å². The van der Waals surface area contributed by atoms with Gasteiger partial charge in [0.1, 0.15) is 5.82 Å². The first-order valence-corrected chi connectivity index (χ1v) is 4.97. The van der Waals surface area contributed by atoms with Crippen LogP contribution in [0.5, 0.6) is 0 Å². The molecule has 0 aliphatic carbocycles. The van der Waals surface area contributed by atoms with Crippen LogP contribution in [0.2, 0.25) is 0 Å². The summed E-state index contributed by atoms with van der Waals surface area (Å²) in [5.74, 6) is -1.39. The summed E-state index contributed by atoms with van der Waals surface area (Å²) in [6.45, 7) is 1.69. The summed E-state index contributed by atoms with van der Waals surface area (Å²) in [4.78, 5) is 0. The molecular weight excluding hydrogens is 199 g/mol. The van der Waals surface area contributed by atoms with Gasteiger partial charge in [0.2, 0.25) is 0 Å². The third-order valence-electron chi connectivity index (χ3n) is 2.73. The molecule has 0 saturated carbocycles. The van der Waals surface area contributed by atoms with Crippen molar-refractivity contribution in [3.63, 3.8) is 0 Å². The van der Waals surface area contributed by atoms with Gasteiger partial charge in [-0.3, -0.25) is 0 Å². The lowest BCUT2D eigenvalue weighted by atomic mass is 10.1. The predicted molar refractivity (Wildman–Crippen MR) is 49.4 cm³/mol. The Bertz CT molecular complexity index is 358. The first-order chi connectivity index (χ1) is 7.30. The first-order valence-electron chi connectivity index (χ1n) is 4.97. The molecule has 0 atom stereocenters. The molecular formula is C11H11FO3. The van der Waals surface area contributed by atoms with Crippen LogP contribution in [0.15, 0.2) is 24.3 Å². The number of ether oxygens (including phenoxy) is 3. The first kappa shape index (κ1) is 9.27. The van der Waals surface area contributed by atoms with Crippen molar-refractivity contribution in [2.75, 3.05) is 19.8 Å².